The Labute approximate surface area is 238 Å². The second-order valence-electron chi connectivity index (χ2n) is 10.3. The van der Waals surface area contributed by atoms with Gasteiger partial charge < -0.3 is 9.30 Å². The molecule has 5 aromatic carbocycles. The lowest BCUT2D eigenvalue weighted by molar-refractivity contribution is 1.10. The number of hydrogen-bond donors (Lipinski definition) is 0. The fourth-order valence-electron chi connectivity index (χ4n) is 6.17. The van der Waals surface area contributed by atoms with E-state index in [4.69, 9.17) is 0 Å². The summed E-state index contributed by atoms with van der Waals surface area (Å²) in [6.07, 6.45) is 2.18. The summed E-state index contributed by atoms with van der Waals surface area (Å²) in [5.41, 5.74) is 10.6. The summed E-state index contributed by atoms with van der Waals surface area (Å²) < 4.78 is 4.75. The van der Waals surface area contributed by atoms with E-state index in [1.807, 2.05) is 0 Å². The number of para-hydroxylation sites is 3. The summed E-state index contributed by atoms with van der Waals surface area (Å²) in [7, 11) is 0. The topological polar surface area (TPSA) is 12.6 Å². The number of nitrogens with zero attached hydrogens (tertiary/aromatic N) is 3. The number of hydrogen-bond acceptors (Lipinski definition) is 1. The van der Waals surface area contributed by atoms with Crippen LogP contribution in [0.25, 0.3) is 44.3 Å². The van der Waals surface area contributed by atoms with Gasteiger partial charge in [0, 0.05) is 45.3 Å². The monoisotopic (exact) mass is 525 g/mol. The predicted octanol–water partition coefficient (Wildman–Crippen LogP) is 10.2. The van der Waals surface area contributed by atoms with Crippen LogP contribution in [0.15, 0.2) is 164 Å². The number of benzene rings is 5. The van der Waals surface area contributed by atoms with Crippen LogP contribution in [0.4, 0.5) is 17.1 Å². The van der Waals surface area contributed by atoms with Crippen molar-refractivity contribution in [2.24, 2.45) is 0 Å². The summed E-state index contributed by atoms with van der Waals surface area (Å²) in [4.78, 5) is 2.30. The van der Waals surface area contributed by atoms with Crippen LogP contribution in [0.2, 0.25) is 0 Å². The zero-order valence-electron chi connectivity index (χ0n) is 22.4. The summed E-state index contributed by atoms with van der Waals surface area (Å²) >= 11 is 0. The highest BCUT2D eigenvalue weighted by Crippen LogP contribution is 2.43. The lowest BCUT2D eigenvalue weighted by Gasteiger charge is -2.25. The van der Waals surface area contributed by atoms with Crippen molar-refractivity contribution in [2.45, 2.75) is 0 Å². The van der Waals surface area contributed by atoms with Crippen molar-refractivity contribution >= 4 is 44.5 Å². The minimum atomic E-state index is 1.11. The van der Waals surface area contributed by atoms with Gasteiger partial charge in [0.15, 0.2) is 0 Å². The summed E-state index contributed by atoms with van der Waals surface area (Å²) in [5, 5.41) is 2.53. The van der Waals surface area contributed by atoms with E-state index < -0.39 is 0 Å². The Bertz CT molecular complexity index is 2080. The average Bonchev–Trinajstić information content (AvgIpc) is 3.56. The zero-order valence-corrected chi connectivity index (χ0v) is 22.4. The molecule has 0 atom stereocenters. The third-order valence-electron chi connectivity index (χ3n) is 7.90. The van der Waals surface area contributed by atoms with Crippen molar-refractivity contribution in [2.75, 3.05) is 4.90 Å². The molecule has 0 saturated heterocycles. The Balaban J connectivity index is 1.37. The molecule has 194 valence electrons. The smallest absolute Gasteiger partial charge is 0.131 e. The van der Waals surface area contributed by atoms with E-state index in [9.17, 15) is 0 Å². The Hall–Kier alpha value is -5.54. The van der Waals surface area contributed by atoms with Crippen molar-refractivity contribution in [3.8, 4) is 16.8 Å². The largest absolute Gasteiger partial charge is 0.311 e. The highest BCUT2D eigenvalue weighted by atomic mass is 15.1. The minimum Gasteiger partial charge on any atom is -0.311 e. The van der Waals surface area contributed by atoms with Gasteiger partial charge in [-0.2, -0.15) is 0 Å². The van der Waals surface area contributed by atoms with E-state index >= 15 is 0 Å². The first-order valence-corrected chi connectivity index (χ1v) is 14.0. The maximum absolute atomic E-state index is 2.41. The molecule has 0 aliphatic carbocycles. The molecule has 3 nitrogen and oxygen atoms in total. The number of aromatic nitrogens is 2. The fraction of sp³-hybridized carbons (Fsp3) is 0. The van der Waals surface area contributed by atoms with Gasteiger partial charge in [-0.25, -0.2) is 0 Å². The van der Waals surface area contributed by atoms with Crippen LogP contribution in [-0.2, 0) is 0 Å². The third kappa shape index (κ3) is 3.75. The van der Waals surface area contributed by atoms with Crippen molar-refractivity contribution in [3.05, 3.63) is 164 Å². The van der Waals surface area contributed by atoms with Crippen LogP contribution in [0.1, 0.15) is 0 Å². The Morgan fingerprint density at radius 3 is 1.66 bits per heavy atom. The van der Waals surface area contributed by atoms with Crippen LogP contribution in [0.5, 0.6) is 0 Å². The number of fused-ring (bicyclic) bond motifs is 5. The van der Waals surface area contributed by atoms with Crippen molar-refractivity contribution in [3.63, 3.8) is 0 Å². The number of pyridine rings is 1. The zero-order chi connectivity index (χ0) is 27.2. The minimum absolute atomic E-state index is 1.11. The van der Waals surface area contributed by atoms with Crippen LogP contribution in [0.3, 0.4) is 0 Å². The molecule has 0 saturated carbocycles. The van der Waals surface area contributed by atoms with Gasteiger partial charge in [0.1, 0.15) is 5.65 Å². The standard InChI is InChI=1S/C38H27N3/c1-4-14-28(15-5-1)36-35-22-12-13-27-39(35)38-37(36)33-20-10-11-21-34(33)41(38)32-25-23-31(24-26-32)40(29-16-6-2-7-17-29)30-18-8-3-9-19-30/h1-27H. The van der Waals surface area contributed by atoms with Gasteiger partial charge in [0.2, 0.25) is 0 Å². The molecule has 0 radical (unpaired) electrons. The summed E-state index contributed by atoms with van der Waals surface area (Å²) in [5.74, 6) is 0. The lowest BCUT2D eigenvalue weighted by Crippen LogP contribution is -2.09. The van der Waals surface area contributed by atoms with E-state index in [0.29, 0.717) is 0 Å². The molecule has 41 heavy (non-hydrogen) atoms. The quantitative estimate of drug-likeness (QED) is 0.218. The van der Waals surface area contributed by atoms with Gasteiger partial charge in [-0.1, -0.05) is 91.0 Å². The molecular weight excluding hydrogens is 498 g/mol. The lowest BCUT2D eigenvalue weighted by atomic mass is 10.0. The first-order chi connectivity index (χ1) is 20.4. The average molecular weight is 526 g/mol. The van der Waals surface area contributed by atoms with Crippen molar-refractivity contribution in [1.82, 2.24) is 8.97 Å². The molecule has 8 aromatic rings. The van der Waals surface area contributed by atoms with Gasteiger partial charge in [-0.05, 0) is 72.3 Å². The van der Waals surface area contributed by atoms with Crippen molar-refractivity contribution < 1.29 is 0 Å². The molecule has 0 N–H and O–H groups in total. The van der Waals surface area contributed by atoms with E-state index in [2.05, 4.69) is 178 Å². The van der Waals surface area contributed by atoms with E-state index in [1.54, 1.807) is 0 Å². The van der Waals surface area contributed by atoms with Gasteiger partial charge in [0.05, 0.1) is 11.0 Å². The number of anilines is 3. The maximum atomic E-state index is 2.41. The first kappa shape index (κ1) is 23.4. The molecular formula is C38H27N3. The third-order valence-corrected chi connectivity index (χ3v) is 7.90. The van der Waals surface area contributed by atoms with Crippen LogP contribution in [0, 0.1) is 0 Å². The van der Waals surface area contributed by atoms with Crippen LogP contribution in [-0.4, -0.2) is 8.97 Å². The molecule has 3 aromatic heterocycles. The van der Waals surface area contributed by atoms with Crippen LogP contribution < -0.4 is 4.90 Å². The Kier molecular flexibility index (Phi) is 5.46. The number of rotatable bonds is 5. The van der Waals surface area contributed by atoms with Crippen LogP contribution >= 0.6 is 0 Å². The molecule has 3 heteroatoms. The highest BCUT2D eigenvalue weighted by molar-refractivity contribution is 6.19. The highest BCUT2D eigenvalue weighted by Gasteiger charge is 2.22. The molecule has 0 fully saturated rings. The van der Waals surface area contributed by atoms with Gasteiger partial charge in [-0.15, -0.1) is 0 Å². The van der Waals surface area contributed by atoms with Gasteiger partial charge in [0.25, 0.3) is 0 Å². The molecule has 0 amide bonds. The SMILES string of the molecule is c1ccc(-c2c3c4ccccc4n(-c4ccc(N(c5ccccc5)c5ccccc5)cc4)c3n3ccccc23)cc1. The molecule has 0 aliphatic heterocycles. The molecule has 0 bridgehead atoms. The normalized spacial score (nSPS) is 11.4. The Morgan fingerprint density at radius 1 is 0.439 bits per heavy atom. The summed E-state index contributed by atoms with van der Waals surface area (Å²) in [6, 6.07) is 56.0. The van der Waals surface area contributed by atoms with Crippen molar-refractivity contribution in [1.29, 1.82) is 0 Å². The molecule has 8 rings (SSSR count). The van der Waals surface area contributed by atoms with E-state index in [1.165, 1.54) is 38.6 Å². The molecule has 0 spiro atoms. The Morgan fingerprint density at radius 2 is 0.976 bits per heavy atom. The first-order valence-electron chi connectivity index (χ1n) is 14.0. The van der Waals surface area contributed by atoms with Gasteiger partial charge in [-0.3, -0.25) is 4.57 Å². The maximum Gasteiger partial charge on any atom is 0.131 e. The molecule has 3 heterocycles. The second-order valence-corrected chi connectivity index (χ2v) is 10.3. The second kappa shape index (κ2) is 9.58. The fourth-order valence-corrected chi connectivity index (χ4v) is 6.17. The predicted molar refractivity (Wildman–Crippen MR) is 172 cm³/mol. The summed E-state index contributed by atoms with van der Waals surface area (Å²) in [6.45, 7) is 0. The molecule has 0 aliphatic rings. The molecule has 0 unspecified atom stereocenters. The van der Waals surface area contributed by atoms with E-state index in [0.717, 1.165) is 22.7 Å². The van der Waals surface area contributed by atoms with E-state index in [-0.39, 0.29) is 0 Å². The van der Waals surface area contributed by atoms with Gasteiger partial charge >= 0.3 is 0 Å².